The fourth-order valence-corrected chi connectivity index (χ4v) is 3.54. The number of esters is 1. The van der Waals surface area contributed by atoms with Crippen molar-refractivity contribution in [3.63, 3.8) is 0 Å². The molecule has 0 bridgehead atoms. The lowest BCUT2D eigenvalue weighted by Gasteiger charge is -2.38. The number of methoxy groups -OCH3 is 1. The van der Waals surface area contributed by atoms with Crippen LogP contribution < -0.4 is 10.6 Å². The minimum Gasteiger partial charge on any atom is -0.467 e. The van der Waals surface area contributed by atoms with Crippen LogP contribution in [0.3, 0.4) is 0 Å². The first-order valence-corrected chi connectivity index (χ1v) is 9.01. The Kier molecular flexibility index (Phi) is 5.99. The van der Waals surface area contributed by atoms with Gasteiger partial charge < -0.3 is 15.4 Å². The van der Waals surface area contributed by atoms with Gasteiger partial charge in [-0.15, -0.1) is 11.3 Å². The molecule has 24 heavy (non-hydrogen) atoms. The molecule has 2 rings (SSSR count). The van der Waals surface area contributed by atoms with Crippen LogP contribution in [-0.4, -0.2) is 36.5 Å². The lowest BCUT2D eigenvalue weighted by molar-refractivity contribution is -0.153. The number of ether oxygens (including phenoxy) is 1. The van der Waals surface area contributed by atoms with Gasteiger partial charge in [0.25, 0.3) is 5.91 Å². The predicted octanol–water partition coefficient (Wildman–Crippen LogP) is 2.10. The molecule has 0 radical (unpaired) electrons. The largest absolute Gasteiger partial charge is 0.467 e. The minimum absolute atomic E-state index is 0.294. The first-order valence-electron chi connectivity index (χ1n) is 8.13. The van der Waals surface area contributed by atoms with E-state index in [0.29, 0.717) is 23.6 Å². The van der Waals surface area contributed by atoms with Crippen LogP contribution in [0.2, 0.25) is 0 Å². The third-order valence-corrected chi connectivity index (χ3v) is 5.42. The maximum absolute atomic E-state index is 12.5. The Morgan fingerprint density at radius 2 is 2.00 bits per heavy atom. The summed E-state index contributed by atoms with van der Waals surface area (Å²) in [5.41, 5.74) is -0.986. The fourth-order valence-electron chi connectivity index (χ4n) is 2.92. The third kappa shape index (κ3) is 4.14. The van der Waals surface area contributed by atoms with Gasteiger partial charge in [0, 0.05) is 0 Å². The van der Waals surface area contributed by atoms with Gasteiger partial charge in [0.15, 0.2) is 0 Å². The van der Waals surface area contributed by atoms with Crippen molar-refractivity contribution in [2.75, 3.05) is 7.11 Å². The van der Waals surface area contributed by atoms with E-state index in [1.165, 1.54) is 18.4 Å². The van der Waals surface area contributed by atoms with Crippen LogP contribution in [0.1, 0.15) is 49.2 Å². The van der Waals surface area contributed by atoms with Crippen molar-refractivity contribution in [2.24, 2.45) is 5.92 Å². The van der Waals surface area contributed by atoms with E-state index >= 15 is 0 Å². The van der Waals surface area contributed by atoms with Gasteiger partial charge in [0.2, 0.25) is 5.91 Å². The highest BCUT2D eigenvalue weighted by molar-refractivity contribution is 7.12. The minimum atomic E-state index is -0.986. The summed E-state index contributed by atoms with van der Waals surface area (Å²) in [4.78, 5) is 37.3. The van der Waals surface area contributed by atoms with E-state index < -0.39 is 17.6 Å². The number of rotatable bonds is 5. The van der Waals surface area contributed by atoms with Crippen LogP contribution in [0.25, 0.3) is 0 Å². The van der Waals surface area contributed by atoms with Gasteiger partial charge in [-0.05, 0) is 50.0 Å². The van der Waals surface area contributed by atoms with Crippen molar-refractivity contribution < 1.29 is 19.1 Å². The number of carbonyl (C=O) groups is 3. The molecular weight excluding hydrogens is 328 g/mol. The van der Waals surface area contributed by atoms with Crippen molar-refractivity contribution in [2.45, 2.75) is 51.1 Å². The summed E-state index contributed by atoms with van der Waals surface area (Å²) in [5, 5.41) is 7.29. The van der Waals surface area contributed by atoms with E-state index in [4.69, 9.17) is 4.74 Å². The molecule has 0 aliphatic heterocycles. The summed E-state index contributed by atoms with van der Waals surface area (Å²) in [5.74, 6) is -0.563. The van der Waals surface area contributed by atoms with Gasteiger partial charge in [-0.1, -0.05) is 13.0 Å². The van der Waals surface area contributed by atoms with Crippen LogP contribution in [0.4, 0.5) is 0 Å². The SMILES string of the molecule is COC(=O)C1(NC(=O)C(C)NC(=O)c2cccs2)CCC(C)CC1. The molecule has 1 aliphatic rings. The quantitative estimate of drug-likeness (QED) is 0.795. The molecule has 1 unspecified atom stereocenters. The Balaban J connectivity index is 2.01. The van der Waals surface area contributed by atoms with Crippen LogP contribution in [0.5, 0.6) is 0 Å². The summed E-state index contributed by atoms with van der Waals surface area (Å²) < 4.78 is 4.91. The van der Waals surface area contributed by atoms with Crippen LogP contribution in [0.15, 0.2) is 17.5 Å². The molecule has 2 amide bonds. The average Bonchev–Trinajstić information content (AvgIpc) is 3.10. The van der Waals surface area contributed by atoms with E-state index in [1.54, 1.807) is 24.4 Å². The van der Waals surface area contributed by atoms with Crippen molar-refractivity contribution in [3.05, 3.63) is 22.4 Å². The Hall–Kier alpha value is -1.89. The Morgan fingerprint density at radius 1 is 1.33 bits per heavy atom. The lowest BCUT2D eigenvalue weighted by atomic mass is 9.77. The molecule has 7 heteroatoms. The first kappa shape index (κ1) is 18.4. The van der Waals surface area contributed by atoms with Crippen LogP contribution in [0, 0.1) is 5.92 Å². The molecule has 0 spiro atoms. The second-order valence-electron chi connectivity index (χ2n) is 6.42. The molecule has 0 saturated heterocycles. The van der Waals surface area contributed by atoms with Gasteiger partial charge in [-0.25, -0.2) is 4.79 Å². The van der Waals surface area contributed by atoms with E-state index in [2.05, 4.69) is 17.6 Å². The van der Waals surface area contributed by atoms with E-state index in [0.717, 1.165) is 12.8 Å². The molecule has 6 nitrogen and oxygen atoms in total. The van der Waals surface area contributed by atoms with Gasteiger partial charge >= 0.3 is 5.97 Å². The summed E-state index contributed by atoms with van der Waals surface area (Å²) >= 11 is 1.31. The average molecular weight is 352 g/mol. The molecule has 1 aliphatic carbocycles. The van der Waals surface area contributed by atoms with Crippen molar-refractivity contribution >= 4 is 29.1 Å². The van der Waals surface area contributed by atoms with Gasteiger partial charge in [-0.3, -0.25) is 9.59 Å². The number of carbonyl (C=O) groups excluding carboxylic acids is 3. The molecule has 1 atom stereocenters. The van der Waals surface area contributed by atoms with Gasteiger partial charge in [0.05, 0.1) is 12.0 Å². The molecule has 1 aromatic heterocycles. The van der Waals surface area contributed by atoms with E-state index in [1.807, 2.05) is 0 Å². The number of thiophene rings is 1. The second kappa shape index (κ2) is 7.79. The van der Waals surface area contributed by atoms with E-state index in [9.17, 15) is 14.4 Å². The summed E-state index contributed by atoms with van der Waals surface area (Å²) in [7, 11) is 1.33. The molecule has 1 fully saturated rings. The molecule has 2 N–H and O–H groups in total. The lowest BCUT2D eigenvalue weighted by Crippen LogP contribution is -2.60. The molecule has 1 heterocycles. The molecule has 0 aromatic carbocycles. The van der Waals surface area contributed by atoms with Gasteiger partial charge in [-0.2, -0.15) is 0 Å². The highest BCUT2D eigenvalue weighted by atomic mass is 32.1. The summed E-state index contributed by atoms with van der Waals surface area (Å²) in [6.45, 7) is 3.74. The van der Waals surface area contributed by atoms with Gasteiger partial charge in [0.1, 0.15) is 11.6 Å². The summed E-state index contributed by atoms with van der Waals surface area (Å²) in [6, 6.07) is 2.74. The molecular formula is C17H24N2O4S. The Bertz CT molecular complexity index is 592. The first-order chi connectivity index (χ1) is 11.4. The third-order valence-electron chi connectivity index (χ3n) is 4.55. The maximum Gasteiger partial charge on any atom is 0.331 e. The zero-order valence-electron chi connectivity index (χ0n) is 14.3. The second-order valence-corrected chi connectivity index (χ2v) is 7.37. The maximum atomic E-state index is 12.5. The molecule has 1 aromatic rings. The topological polar surface area (TPSA) is 84.5 Å². The summed E-state index contributed by atoms with van der Waals surface area (Å²) in [6.07, 6.45) is 2.81. The Labute approximate surface area is 146 Å². The number of amides is 2. The molecule has 132 valence electrons. The molecule has 1 saturated carbocycles. The zero-order valence-corrected chi connectivity index (χ0v) is 15.1. The van der Waals surface area contributed by atoms with Crippen molar-refractivity contribution in [1.82, 2.24) is 10.6 Å². The van der Waals surface area contributed by atoms with Crippen molar-refractivity contribution in [1.29, 1.82) is 0 Å². The predicted molar refractivity (Wildman–Crippen MR) is 91.8 cm³/mol. The highest BCUT2D eigenvalue weighted by Crippen LogP contribution is 2.33. The normalized spacial score (nSPS) is 24.7. The van der Waals surface area contributed by atoms with E-state index in [-0.39, 0.29) is 11.8 Å². The van der Waals surface area contributed by atoms with Crippen molar-refractivity contribution in [3.8, 4) is 0 Å². The van der Waals surface area contributed by atoms with Crippen LogP contribution >= 0.6 is 11.3 Å². The highest BCUT2D eigenvalue weighted by Gasteiger charge is 2.44. The standard InChI is InChI=1S/C17H24N2O4S/c1-11-6-8-17(9-7-11,16(22)23-3)19-14(20)12(2)18-15(21)13-5-4-10-24-13/h4-5,10-12H,6-9H2,1-3H3,(H,18,21)(H,19,20). The Morgan fingerprint density at radius 3 is 2.54 bits per heavy atom. The number of nitrogens with one attached hydrogen (secondary N) is 2. The monoisotopic (exact) mass is 352 g/mol. The van der Waals surface area contributed by atoms with Crippen LogP contribution in [-0.2, 0) is 14.3 Å². The zero-order chi connectivity index (χ0) is 17.7. The smallest absolute Gasteiger partial charge is 0.331 e. The number of hydrogen-bond acceptors (Lipinski definition) is 5. The fraction of sp³-hybridized carbons (Fsp3) is 0.588. The number of hydrogen-bond donors (Lipinski definition) is 2.